The lowest BCUT2D eigenvalue weighted by molar-refractivity contribution is 0.346. The van der Waals surface area contributed by atoms with Crippen LogP contribution in [0, 0.1) is 6.92 Å². The number of aryl methyl sites for hydroxylation is 1. The van der Waals surface area contributed by atoms with Gasteiger partial charge in [-0.25, -0.2) is 16.8 Å². The summed E-state index contributed by atoms with van der Waals surface area (Å²) >= 11 is 6.06. The quantitative estimate of drug-likeness (QED) is 0.788. The molecule has 9 heteroatoms. The van der Waals surface area contributed by atoms with Crippen LogP contribution in [-0.2, 0) is 20.0 Å². The zero-order valence-corrected chi connectivity index (χ0v) is 17.2. The fourth-order valence-corrected chi connectivity index (χ4v) is 6.22. The Labute approximate surface area is 165 Å². The SMILES string of the molecule is Cc1ccc(S(=O)(=O)Nc2cccc(S(=O)(=O)N3CCCCC3)c2)c(Cl)c1. The largest absolute Gasteiger partial charge is 0.280 e. The van der Waals surface area contributed by atoms with E-state index in [-0.39, 0.29) is 20.5 Å². The van der Waals surface area contributed by atoms with Crippen molar-refractivity contribution in [2.24, 2.45) is 0 Å². The Morgan fingerprint density at radius 1 is 0.963 bits per heavy atom. The molecule has 0 bridgehead atoms. The lowest BCUT2D eigenvalue weighted by atomic mass is 10.2. The van der Waals surface area contributed by atoms with E-state index in [2.05, 4.69) is 4.72 Å². The molecule has 0 atom stereocenters. The number of anilines is 1. The summed E-state index contributed by atoms with van der Waals surface area (Å²) in [6, 6.07) is 10.5. The molecule has 2 aromatic rings. The minimum atomic E-state index is -3.94. The van der Waals surface area contributed by atoms with Gasteiger partial charge in [-0.15, -0.1) is 0 Å². The molecule has 1 aliphatic heterocycles. The molecule has 27 heavy (non-hydrogen) atoms. The van der Waals surface area contributed by atoms with Crippen molar-refractivity contribution in [2.45, 2.75) is 36.0 Å². The third-order valence-corrected chi connectivity index (χ3v) is 8.17. The fourth-order valence-electron chi connectivity index (χ4n) is 3.01. The van der Waals surface area contributed by atoms with Gasteiger partial charge in [0.1, 0.15) is 4.90 Å². The van der Waals surface area contributed by atoms with Crippen LogP contribution in [0.5, 0.6) is 0 Å². The first-order chi connectivity index (χ1) is 12.7. The van der Waals surface area contributed by atoms with Crippen LogP contribution in [0.25, 0.3) is 0 Å². The molecule has 1 N–H and O–H groups in total. The zero-order chi connectivity index (χ0) is 19.7. The molecule has 1 aliphatic rings. The summed E-state index contributed by atoms with van der Waals surface area (Å²) in [5.41, 5.74) is 1.01. The van der Waals surface area contributed by atoms with Crippen LogP contribution < -0.4 is 4.72 Å². The smallest absolute Gasteiger partial charge is 0.263 e. The van der Waals surface area contributed by atoms with E-state index >= 15 is 0 Å². The fraction of sp³-hybridized carbons (Fsp3) is 0.333. The highest BCUT2D eigenvalue weighted by atomic mass is 35.5. The molecule has 1 saturated heterocycles. The number of rotatable bonds is 5. The number of hydrogen-bond donors (Lipinski definition) is 1. The summed E-state index contributed by atoms with van der Waals surface area (Å²) in [5.74, 6) is 0. The van der Waals surface area contributed by atoms with Gasteiger partial charge in [0, 0.05) is 13.1 Å². The van der Waals surface area contributed by atoms with Gasteiger partial charge < -0.3 is 0 Å². The Morgan fingerprint density at radius 2 is 1.67 bits per heavy atom. The summed E-state index contributed by atoms with van der Waals surface area (Å²) in [5, 5.41) is 0.111. The Morgan fingerprint density at radius 3 is 2.33 bits per heavy atom. The monoisotopic (exact) mass is 428 g/mol. The van der Waals surface area contributed by atoms with E-state index in [1.165, 1.54) is 34.6 Å². The number of nitrogens with zero attached hydrogens (tertiary/aromatic N) is 1. The van der Waals surface area contributed by atoms with Crippen LogP contribution in [0.1, 0.15) is 24.8 Å². The zero-order valence-electron chi connectivity index (χ0n) is 14.9. The topological polar surface area (TPSA) is 83.5 Å². The van der Waals surface area contributed by atoms with Crippen molar-refractivity contribution < 1.29 is 16.8 Å². The molecule has 1 heterocycles. The maximum atomic E-state index is 12.8. The average Bonchev–Trinajstić information content (AvgIpc) is 2.62. The van der Waals surface area contributed by atoms with Crippen molar-refractivity contribution in [3.8, 4) is 0 Å². The van der Waals surface area contributed by atoms with Crippen LogP contribution >= 0.6 is 11.6 Å². The van der Waals surface area contributed by atoms with E-state index in [0.717, 1.165) is 24.8 Å². The van der Waals surface area contributed by atoms with Gasteiger partial charge in [-0.2, -0.15) is 4.31 Å². The van der Waals surface area contributed by atoms with Crippen LogP contribution in [0.4, 0.5) is 5.69 Å². The first kappa shape index (κ1) is 20.1. The van der Waals surface area contributed by atoms with Crippen LogP contribution in [0.3, 0.4) is 0 Å². The normalized spacial score (nSPS) is 16.2. The molecule has 0 aliphatic carbocycles. The van der Waals surface area contributed by atoms with Crippen molar-refractivity contribution in [2.75, 3.05) is 17.8 Å². The van der Waals surface area contributed by atoms with Crippen molar-refractivity contribution in [3.63, 3.8) is 0 Å². The second-order valence-corrected chi connectivity index (χ2v) is 10.5. The molecule has 6 nitrogen and oxygen atoms in total. The molecule has 0 saturated carbocycles. The first-order valence-electron chi connectivity index (χ1n) is 8.59. The maximum Gasteiger partial charge on any atom is 0.263 e. The van der Waals surface area contributed by atoms with Gasteiger partial charge in [0.05, 0.1) is 15.6 Å². The van der Waals surface area contributed by atoms with Crippen molar-refractivity contribution in [3.05, 3.63) is 53.1 Å². The second kappa shape index (κ2) is 7.79. The number of piperidine rings is 1. The van der Waals surface area contributed by atoms with Gasteiger partial charge in [0.2, 0.25) is 10.0 Å². The van der Waals surface area contributed by atoms with Crippen LogP contribution in [0.2, 0.25) is 5.02 Å². The summed E-state index contributed by atoms with van der Waals surface area (Å²) in [7, 11) is -7.58. The van der Waals surface area contributed by atoms with Crippen molar-refractivity contribution in [1.82, 2.24) is 4.31 Å². The Kier molecular flexibility index (Phi) is 5.81. The average molecular weight is 429 g/mol. The molecular formula is C18H21ClN2O4S2. The minimum absolute atomic E-state index is 0.0564. The third-order valence-electron chi connectivity index (χ3n) is 4.42. The predicted molar refractivity (Wildman–Crippen MR) is 106 cm³/mol. The number of halogens is 1. The van der Waals surface area contributed by atoms with Crippen molar-refractivity contribution in [1.29, 1.82) is 0 Å². The highest BCUT2D eigenvalue weighted by Crippen LogP contribution is 2.27. The molecule has 2 aromatic carbocycles. The lowest BCUT2D eigenvalue weighted by Crippen LogP contribution is -2.35. The number of benzene rings is 2. The molecule has 146 valence electrons. The minimum Gasteiger partial charge on any atom is -0.280 e. The maximum absolute atomic E-state index is 12.8. The van der Waals surface area contributed by atoms with E-state index in [9.17, 15) is 16.8 Å². The Hall–Kier alpha value is -1.61. The molecule has 3 rings (SSSR count). The van der Waals surface area contributed by atoms with E-state index in [1.54, 1.807) is 12.1 Å². The Bertz CT molecular complexity index is 1050. The summed E-state index contributed by atoms with van der Waals surface area (Å²) in [6.45, 7) is 2.78. The second-order valence-electron chi connectivity index (χ2n) is 6.53. The predicted octanol–water partition coefficient (Wildman–Crippen LogP) is 3.62. The van der Waals surface area contributed by atoms with Gasteiger partial charge >= 0.3 is 0 Å². The van der Waals surface area contributed by atoms with Crippen LogP contribution in [0.15, 0.2) is 52.3 Å². The van der Waals surface area contributed by atoms with Gasteiger partial charge in [-0.1, -0.05) is 30.2 Å². The molecule has 0 amide bonds. The summed E-state index contributed by atoms with van der Waals surface area (Å²) in [6.07, 6.45) is 2.68. The first-order valence-corrected chi connectivity index (χ1v) is 11.9. The van der Waals surface area contributed by atoms with Gasteiger partial charge in [0.15, 0.2) is 0 Å². The molecule has 0 unspecified atom stereocenters. The summed E-state index contributed by atoms with van der Waals surface area (Å²) in [4.78, 5) is 0.0126. The van der Waals surface area contributed by atoms with Gasteiger partial charge in [-0.05, 0) is 55.7 Å². The van der Waals surface area contributed by atoms with E-state index in [0.29, 0.717) is 13.1 Å². The lowest BCUT2D eigenvalue weighted by Gasteiger charge is -2.26. The standard InChI is InChI=1S/C18H21ClN2O4S2/c1-14-8-9-18(17(19)12-14)26(22,23)20-15-6-5-7-16(13-15)27(24,25)21-10-3-2-4-11-21/h5-9,12-13,20H,2-4,10-11H2,1H3. The Balaban J connectivity index is 1.89. The molecular weight excluding hydrogens is 408 g/mol. The molecule has 1 fully saturated rings. The molecule has 0 spiro atoms. The highest BCUT2D eigenvalue weighted by molar-refractivity contribution is 7.92. The summed E-state index contributed by atoms with van der Waals surface area (Å²) < 4.78 is 54.7. The number of nitrogens with one attached hydrogen (secondary N) is 1. The van der Waals surface area contributed by atoms with E-state index in [1.807, 2.05) is 6.92 Å². The highest BCUT2D eigenvalue weighted by Gasteiger charge is 2.26. The number of hydrogen-bond acceptors (Lipinski definition) is 4. The van der Waals surface area contributed by atoms with E-state index in [4.69, 9.17) is 11.6 Å². The van der Waals surface area contributed by atoms with Gasteiger partial charge in [-0.3, -0.25) is 4.72 Å². The third kappa shape index (κ3) is 4.45. The van der Waals surface area contributed by atoms with E-state index < -0.39 is 20.0 Å². The van der Waals surface area contributed by atoms with Gasteiger partial charge in [0.25, 0.3) is 10.0 Å². The molecule has 0 radical (unpaired) electrons. The van der Waals surface area contributed by atoms with Crippen molar-refractivity contribution >= 4 is 37.3 Å². The van der Waals surface area contributed by atoms with Crippen LogP contribution in [-0.4, -0.2) is 34.2 Å². The number of sulfonamides is 2. The molecule has 0 aromatic heterocycles.